The number of hydrogen-bond donors (Lipinski definition) is 2. The van der Waals surface area contributed by atoms with E-state index >= 15 is 0 Å². The summed E-state index contributed by atoms with van der Waals surface area (Å²) in [5.41, 5.74) is 2.28. The molecule has 278 valence electrons. The number of sulfonamides is 1. The Labute approximate surface area is 309 Å². The predicted octanol–water partition coefficient (Wildman–Crippen LogP) is 6.03. The van der Waals surface area contributed by atoms with Gasteiger partial charge in [-0.15, -0.1) is 0 Å². The molecule has 2 bridgehead atoms. The highest BCUT2D eigenvalue weighted by Crippen LogP contribution is 2.45. The van der Waals surface area contributed by atoms with Crippen LogP contribution >= 0.6 is 11.6 Å². The van der Waals surface area contributed by atoms with Gasteiger partial charge in [0.25, 0.3) is 5.91 Å². The summed E-state index contributed by atoms with van der Waals surface area (Å²) in [4.78, 5) is 21.0. The number of aliphatic hydroxyl groups is 1. The van der Waals surface area contributed by atoms with Gasteiger partial charge in [-0.1, -0.05) is 43.2 Å². The van der Waals surface area contributed by atoms with Crippen LogP contribution < -0.4 is 14.4 Å². The van der Waals surface area contributed by atoms with Gasteiger partial charge in [-0.2, -0.15) is 0 Å². The van der Waals surface area contributed by atoms with E-state index < -0.39 is 26.8 Å². The van der Waals surface area contributed by atoms with Gasteiger partial charge in [0.05, 0.1) is 16.5 Å². The number of piperidine rings is 1. The standard InChI is InChI=1S/C40H55ClN4O5S/c1-28-8-7-17-40(47,27-43-20-21-44-18-6-4-10-35(44)25-43)36-15-12-32(36)24-45-19-5-3-9-30-22-34(41)14-11-33(30)26-50-38-16-13-31(23-37(38)45)39(46)42-51(48,49)29(28)2/h7,11,13-14,16-17,22-23,28-29,32,35-36,47H,3-6,8-10,12,15,18-21,24-27H2,1-2H3,(H,42,46)/b17-7+/t28-,29+,32-,35+,36+,40-/m0/s1. The van der Waals surface area contributed by atoms with E-state index in [4.69, 9.17) is 16.3 Å². The molecule has 0 radical (unpaired) electrons. The van der Waals surface area contributed by atoms with Crippen molar-refractivity contribution in [1.82, 2.24) is 14.5 Å². The number of anilines is 1. The Morgan fingerprint density at radius 1 is 0.961 bits per heavy atom. The maximum atomic E-state index is 13.6. The van der Waals surface area contributed by atoms with Crippen molar-refractivity contribution in [2.45, 2.75) is 95.1 Å². The molecule has 11 heteroatoms. The minimum Gasteiger partial charge on any atom is -0.487 e. The van der Waals surface area contributed by atoms with E-state index in [1.807, 2.05) is 37.3 Å². The maximum absolute atomic E-state index is 13.6. The van der Waals surface area contributed by atoms with E-state index in [1.54, 1.807) is 25.1 Å². The zero-order valence-corrected chi connectivity index (χ0v) is 31.8. The average Bonchev–Trinajstić information content (AvgIpc) is 3.12. The van der Waals surface area contributed by atoms with Gasteiger partial charge in [-0.05, 0) is 124 Å². The Bertz CT molecular complexity index is 1720. The first kappa shape index (κ1) is 36.7. The molecule has 7 rings (SSSR count). The first-order chi connectivity index (χ1) is 24.5. The molecule has 2 N–H and O–H groups in total. The number of nitrogens with zero attached hydrogens (tertiary/aromatic N) is 3. The summed E-state index contributed by atoms with van der Waals surface area (Å²) < 4.78 is 35.9. The summed E-state index contributed by atoms with van der Waals surface area (Å²) in [6.07, 6.45) is 13.0. The van der Waals surface area contributed by atoms with Crippen LogP contribution in [0.3, 0.4) is 0 Å². The fourth-order valence-electron chi connectivity index (χ4n) is 9.09. The number of nitrogens with one attached hydrogen (secondary N) is 1. The maximum Gasteiger partial charge on any atom is 0.264 e. The number of ether oxygens (including phenoxy) is 1. The second kappa shape index (κ2) is 15.4. The molecule has 0 spiro atoms. The lowest BCUT2D eigenvalue weighted by Crippen LogP contribution is -2.60. The second-order valence-electron chi connectivity index (χ2n) is 15.9. The Morgan fingerprint density at radius 2 is 1.80 bits per heavy atom. The van der Waals surface area contributed by atoms with Gasteiger partial charge in [0.2, 0.25) is 10.0 Å². The summed E-state index contributed by atoms with van der Waals surface area (Å²) in [6, 6.07) is 11.7. The lowest BCUT2D eigenvalue weighted by atomic mass is 9.64. The van der Waals surface area contributed by atoms with Crippen molar-refractivity contribution in [3.63, 3.8) is 0 Å². The van der Waals surface area contributed by atoms with Gasteiger partial charge in [-0.25, -0.2) is 13.1 Å². The first-order valence-corrected chi connectivity index (χ1v) is 21.1. The number of benzene rings is 2. The number of halogens is 1. The van der Waals surface area contributed by atoms with Crippen molar-refractivity contribution in [3.8, 4) is 5.75 Å². The number of β-amino-alcohol motifs (C(OH)–C–C–N with tert-alkyl or cyclic N) is 1. The molecule has 4 aliphatic heterocycles. The van der Waals surface area contributed by atoms with Crippen molar-refractivity contribution in [2.24, 2.45) is 17.8 Å². The Hall–Kier alpha value is -2.63. The molecule has 1 amide bonds. The third-order valence-electron chi connectivity index (χ3n) is 12.6. The largest absolute Gasteiger partial charge is 0.487 e. The Kier molecular flexibility index (Phi) is 11.1. The van der Waals surface area contributed by atoms with E-state index in [9.17, 15) is 18.3 Å². The number of allylic oxidation sites excluding steroid dienone is 1. The molecule has 1 saturated carbocycles. The number of piperazine rings is 1. The molecule has 2 aromatic rings. The summed E-state index contributed by atoms with van der Waals surface area (Å²) >= 11 is 6.39. The number of aryl methyl sites for hydroxylation is 1. The fraction of sp³-hybridized carbons (Fsp3) is 0.625. The Morgan fingerprint density at radius 3 is 2.63 bits per heavy atom. The average molecular weight is 739 g/mol. The summed E-state index contributed by atoms with van der Waals surface area (Å²) in [5, 5.41) is 12.6. The van der Waals surface area contributed by atoms with Gasteiger partial charge >= 0.3 is 0 Å². The quantitative estimate of drug-likeness (QED) is 0.361. The SMILES string of the molecule is C[C@@H]1[C@@H](C)C/C=C/[C@](O)(CN2CCN3CCCC[C@@H]3C2)[C@@H]2CC[C@H]2CN2CCCCc3cc(Cl)ccc3COc3ccc(cc32)C(=O)NS1(=O)=O. The van der Waals surface area contributed by atoms with Crippen LogP contribution in [0.2, 0.25) is 5.02 Å². The second-order valence-corrected chi connectivity index (χ2v) is 18.4. The van der Waals surface area contributed by atoms with Crippen LogP contribution in [-0.2, 0) is 23.1 Å². The van der Waals surface area contributed by atoms with Crippen LogP contribution in [-0.4, -0.2) is 91.9 Å². The van der Waals surface area contributed by atoms with Crippen LogP contribution in [0.5, 0.6) is 5.75 Å². The van der Waals surface area contributed by atoms with Crippen molar-refractivity contribution in [1.29, 1.82) is 0 Å². The summed E-state index contributed by atoms with van der Waals surface area (Å²) in [5.74, 6) is 0.0507. The third kappa shape index (κ3) is 8.15. The van der Waals surface area contributed by atoms with Crippen LogP contribution in [0.25, 0.3) is 0 Å². The molecule has 2 saturated heterocycles. The van der Waals surface area contributed by atoms with Crippen molar-refractivity contribution < 1.29 is 23.1 Å². The molecule has 51 heavy (non-hydrogen) atoms. The number of carbonyl (C=O) groups is 1. The molecule has 4 heterocycles. The molecular weight excluding hydrogens is 684 g/mol. The minimum absolute atomic E-state index is 0.0583. The van der Waals surface area contributed by atoms with Gasteiger partial charge < -0.3 is 14.7 Å². The van der Waals surface area contributed by atoms with Crippen molar-refractivity contribution >= 4 is 33.2 Å². The van der Waals surface area contributed by atoms with Gasteiger partial charge in [-0.3, -0.25) is 14.6 Å². The van der Waals surface area contributed by atoms with E-state index in [-0.39, 0.29) is 23.3 Å². The summed E-state index contributed by atoms with van der Waals surface area (Å²) in [7, 11) is -3.97. The zero-order valence-electron chi connectivity index (χ0n) is 30.2. The molecule has 6 atom stereocenters. The number of amides is 1. The number of rotatable bonds is 2. The first-order valence-electron chi connectivity index (χ1n) is 19.2. The molecule has 2 aromatic carbocycles. The molecule has 3 fully saturated rings. The van der Waals surface area contributed by atoms with Crippen LogP contribution in [0, 0.1) is 17.8 Å². The predicted molar refractivity (Wildman–Crippen MR) is 203 cm³/mol. The highest BCUT2D eigenvalue weighted by atomic mass is 35.5. The zero-order chi connectivity index (χ0) is 35.8. The van der Waals surface area contributed by atoms with E-state index in [2.05, 4.69) is 19.4 Å². The van der Waals surface area contributed by atoms with E-state index in [1.165, 1.54) is 31.4 Å². The molecule has 9 nitrogen and oxygen atoms in total. The molecular formula is C40H55ClN4O5S. The molecule has 0 unspecified atom stereocenters. The van der Waals surface area contributed by atoms with Gasteiger partial charge in [0.1, 0.15) is 12.4 Å². The normalized spacial score (nSPS) is 32.8. The molecule has 0 aromatic heterocycles. The lowest BCUT2D eigenvalue weighted by molar-refractivity contribution is -0.0765. The van der Waals surface area contributed by atoms with Crippen LogP contribution in [0.4, 0.5) is 5.69 Å². The van der Waals surface area contributed by atoms with E-state index in [0.29, 0.717) is 42.9 Å². The number of hydrogen-bond acceptors (Lipinski definition) is 8. The van der Waals surface area contributed by atoms with Gasteiger partial charge in [0, 0.05) is 55.9 Å². The highest BCUT2D eigenvalue weighted by molar-refractivity contribution is 7.90. The highest BCUT2D eigenvalue weighted by Gasteiger charge is 2.47. The smallest absolute Gasteiger partial charge is 0.264 e. The topological polar surface area (TPSA) is 102 Å². The fourth-order valence-corrected chi connectivity index (χ4v) is 10.6. The number of fused-ring (bicyclic) bond motifs is 4. The Balaban J connectivity index is 1.23. The van der Waals surface area contributed by atoms with Crippen molar-refractivity contribution in [2.75, 3.05) is 50.7 Å². The lowest BCUT2D eigenvalue weighted by Gasteiger charge is -2.51. The molecule has 5 aliphatic rings. The minimum atomic E-state index is -3.97. The van der Waals surface area contributed by atoms with E-state index in [0.717, 1.165) is 69.5 Å². The monoisotopic (exact) mass is 738 g/mol. The third-order valence-corrected chi connectivity index (χ3v) is 14.7. The molecule has 1 aliphatic carbocycles. The number of carbonyl (C=O) groups excluding carboxylic acids is 1. The summed E-state index contributed by atoms with van der Waals surface area (Å²) in [6.45, 7) is 10.1. The van der Waals surface area contributed by atoms with Gasteiger partial charge in [0.15, 0.2) is 0 Å². The van der Waals surface area contributed by atoms with Crippen LogP contribution in [0.15, 0.2) is 48.6 Å². The van der Waals surface area contributed by atoms with Crippen molar-refractivity contribution in [3.05, 3.63) is 70.3 Å². The van der Waals surface area contributed by atoms with Crippen LogP contribution in [0.1, 0.15) is 86.7 Å².